The van der Waals surface area contributed by atoms with Gasteiger partial charge in [-0.3, -0.25) is 5.32 Å². The normalized spacial score (nSPS) is 10.2. The van der Waals surface area contributed by atoms with Gasteiger partial charge in [-0.25, -0.2) is 9.78 Å². The van der Waals surface area contributed by atoms with Crippen molar-refractivity contribution in [1.29, 1.82) is 0 Å². The monoisotopic (exact) mass is 302 g/mol. The molecule has 0 fully saturated rings. The molecule has 1 aromatic carbocycles. The van der Waals surface area contributed by atoms with E-state index < -0.39 is 6.09 Å². The summed E-state index contributed by atoms with van der Waals surface area (Å²) in [6.07, 6.45) is -0.557. The molecule has 0 atom stereocenters. The second-order valence-corrected chi connectivity index (χ2v) is 4.98. The lowest BCUT2D eigenvalue weighted by atomic mass is 10.2. The molecular formula is C11H8Cl2N2O2S. The van der Waals surface area contributed by atoms with Gasteiger partial charge in [0.25, 0.3) is 0 Å². The number of carbonyl (C=O) groups is 1. The number of carbonyl (C=O) groups excluding carboxylic acids is 1. The highest BCUT2D eigenvalue weighted by Gasteiger charge is 2.10. The number of ether oxygens (including phenoxy) is 1. The highest BCUT2D eigenvalue weighted by atomic mass is 35.5. The van der Waals surface area contributed by atoms with E-state index in [0.717, 1.165) is 5.56 Å². The summed E-state index contributed by atoms with van der Waals surface area (Å²) in [6, 6.07) is 5.16. The molecule has 1 amide bonds. The molecule has 0 aliphatic carbocycles. The molecule has 0 saturated heterocycles. The van der Waals surface area contributed by atoms with Crippen LogP contribution in [0.2, 0.25) is 10.0 Å². The van der Waals surface area contributed by atoms with Crippen LogP contribution in [0, 0.1) is 0 Å². The fourth-order valence-electron chi connectivity index (χ4n) is 1.29. The predicted molar refractivity (Wildman–Crippen MR) is 73.6 cm³/mol. The summed E-state index contributed by atoms with van der Waals surface area (Å²) < 4.78 is 4.48. The van der Waals surface area contributed by atoms with Crippen LogP contribution in [0.15, 0.2) is 23.6 Å². The molecule has 0 bridgehead atoms. The lowest BCUT2D eigenvalue weighted by Crippen LogP contribution is -2.10. The van der Waals surface area contributed by atoms with Crippen LogP contribution in [0.4, 0.5) is 9.93 Å². The summed E-state index contributed by atoms with van der Waals surface area (Å²) in [4.78, 5) is 15.3. The predicted octanol–water partition coefficient (Wildman–Crippen LogP) is 4.30. The van der Waals surface area contributed by atoms with Crippen LogP contribution in [0.1, 0.15) is 0 Å². The second-order valence-electron chi connectivity index (χ2n) is 3.28. The van der Waals surface area contributed by atoms with Crippen molar-refractivity contribution in [1.82, 2.24) is 4.98 Å². The summed E-state index contributed by atoms with van der Waals surface area (Å²) in [6.45, 7) is 0. The number of aromatic nitrogens is 1. The van der Waals surface area contributed by atoms with Gasteiger partial charge in [-0.1, -0.05) is 23.2 Å². The molecule has 1 heterocycles. The summed E-state index contributed by atoms with van der Waals surface area (Å²) >= 11 is 13.2. The Kier molecular flexibility index (Phi) is 4.06. The Morgan fingerprint density at radius 1 is 1.44 bits per heavy atom. The fourth-order valence-corrected chi connectivity index (χ4v) is 2.49. The van der Waals surface area contributed by atoms with Gasteiger partial charge in [-0.15, -0.1) is 11.3 Å². The molecule has 1 N–H and O–H groups in total. The summed E-state index contributed by atoms with van der Waals surface area (Å²) in [5, 5.41) is 5.80. The Morgan fingerprint density at radius 2 is 2.22 bits per heavy atom. The van der Waals surface area contributed by atoms with Crippen LogP contribution in [0.5, 0.6) is 0 Å². The van der Waals surface area contributed by atoms with Crippen molar-refractivity contribution in [2.75, 3.05) is 12.4 Å². The quantitative estimate of drug-likeness (QED) is 0.900. The van der Waals surface area contributed by atoms with Gasteiger partial charge in [0.05, 0.1) is 17.8 Å². The number of nitrogens with zero attached hydrogens (tertiary/aromatic N) is 1. The Balaban J connectivity index is 2.26. The number of anilines is 1. The fraction of sp³-hybridized carbons (Fsp3) is 0.0909. The summed E-state index contributed by atoms with van der Waals surface area (Å²) in [7, 11) is 1.29. The van der Waals surface area contributed by atoms with E-state index in [1.807, 2.05) is 0 Å². The molecular weight excluding hydrogens is 295 g/mol. The third kappa shape index (κ3) is 2.93. The lowest BCUT2D eigenvalue weighted by molar-refractivity contribution is 0.187. The van der Waals surface area contributed by atoms with E-state index in [-0.39, 0.29) is 0 Å². The number of benzene rings is 1. The largest absolute Gasteiger partial charge is 0.453 e. The smallest absolute Gasteiger partial charge is 0.413 e. The first kappa shape index (κ1) is 13.1. The number of methoxy groups -OCH3 is 1. The molecule has 7 heteroatoms. The molecule has 0 saturated carbocycles. The van der Waals surface area contributed by atoms with Gasteiger partial charge in [-0.2, -0.15) is 0 Å². The van der Waals surface area contributed by atoms with Crippen LogP contribution in [-0.2, 0) is 4.74 Å². The Morgan fingerprint density at radius 3 is 2.89 bits per heavy atom. The van der Waals surface area contributed by atoms with Crippen molar-refractivity contribution in [2.45, 2.75) is 0 Å². The van der Waals surface area contributed by atoms with Crippen molar-refractivity contribution in [3.63, 3.8) is 0 Å². The molecule has 4 nitrogen and oxygen atoms in total. The molecule has 0 aliphatic heterocycles. The molecule has 0 radical (unpaired) electrons. The summed E-state index contributed by atoms with van der Waals surface area (Å²) in [5.41, 5.74) is 1.43. The standard InChI is InChI=1S/C11H8Cl2N2O2S/c1-17-11(16)15-10-14-9(5-18-10)7-3-2-6(12)4-8(7)13/h2-5H,1H3,(H,14,15,16). The molecule has 2 aromatic rings. The molecule has 18 heavy (non-hydrogen) atoms. The van der Waals surface area contributed by atoms with Gasteiger partial charge in [0.2, 0.25) is 0 Å². The van der Waals surface area contributed by atoms with E-state index in [2.05, 4.69) is 15.0 Å². The highest BCUT2D eigenvalue weighted by Crippen LogP contribution is 2.32. The van der Waals surface area contributed by atoms with Crippen molar-refractivity contribution in [3.8, 4) is 11.3 Å². The van der Waals surface area contributed by atoms with Crippen LogP contribution >= 0.6 is 34.5 Å². The number of nitrogens with one attached hydrogen (secondary N) is 1. The average molecular weight is 303 g/mol. The lowest BCUT2D eigenvalue weighted by Gasteiger charge is -2.01. The van der Waals surface area contributed by atoms with Crippen molar-refractivity contribution in [2.24, 2.45) is 0 Å². The molecule has 0 unspecified atom stereocenters. The van der Waals surface area contributed by atoms with Gasteiger partial charge in [0.15, 0.2) is 5.13 Å². The average Bonchev–Trinajstić information content (AvgIpc) is 2.77. The van der Waals surface area contributed by atoms with E-state index in [9.17, 15) is 4.79 Å². The van der Waals surface area contributed by atoms with Gasteiger partial charge in [-0.05, 0) is 18.2 Å². The Hall–Kier alpha value is -1.30. The van der Waals surface area contributed by atoms with Crippen LogP contribution in [0.3, 0.4) is 0 Å². The third-order valence-corrected chi connectivity index (χ3v) is 3.41. The van der Waals surface area contributed by atoms with Crippen molar-refractivity contribution in [3.05, 3.63) is 33.6 Å². The van der Waals surface area contributed by atoms with E-state index in [1.165, 1.54) is 18.4 Å². The minimum atomic E-state index is -0.557. The van der Waals surface area contributed by atoms with E-state index in [0.29, 0.717) is 20.9 Å². The first-order valence-corrected chi connectivity index (χ1v) is 6.49. The molecule has 2 rings (SSSR count). The maximum Gasteiger partial charge on any atom is 0.413 e. The number of hydrogen-bond donors (Lipinski definition) is 1. The number of halogens is 2. The van der Waals surface area contributed by atoms with Gasteiger partial charge in [0, 0.05) is 16.0 Å². The Bertz CT molecular complexity index is 586. The highest BCUT2D eigenvalue weighted by molar-refractivity contribution is 7.14. The SMILES string of the molecule is COC(=O)Nc1nc(-c2ccc(Cl)cc2Cl)cs1. The first-order valence-electron chi connectivity index (χ1n) is 4.86. The number of rotatable bonds is 2. The van der Waals surface area contributed by atoms with Crippen molar-refractivity contribution < 1.29 is 9.53 Å². The number of amides is 1. The van der Waals surface area contributed by atoms with E-state index in [1.54, 1.807) is 23.6 Å². The zero-order chi connectivity index (χ0) is 13.1. The first-order chi connectivity index (χ1) is 8.60. The molecule has 0 spiro atoms. The van der Waals surface area contributed by atoms with E-state index >= 15 is 0 Å². The zero-order valence-corrected chi connectivity index (χ0v) is 11.6. The van der Waals surface area contributed by atoms with Gasteiger partial charge < -0.3 is 4.74 Å². The van der Waals surface area contributed by atoms with Crippen LogP contribution in [0.25, 0.3) is 11.3 Å². The minimum Gasteiger partial charge on any atom is -0.453 e. The Labute approximate surface area is 118 Å². The van der Waals surface area contributed by atoms with Crippen LogP contribution < -0.4 is 5.32 Å². The topological polar surface area (TPSA) is 51.2 Å². The van der Waals surface area contributed by atoms with Gasteiger partial charge in [0.1, 0.15) is 0 Å². The maximum atomic E-state index is 11.0. The van der Waals surface area contributed by atoms with Gasteiger partial charge >= 0.3 is 6.09 Å². The van der Waals surface area contributed by atoms with E-state index in [4.69, 9.17) is 23.2 Å². The van der Waals surface area contributed by atoms with Crippen LogP contribution in [-0.4, -0.2) is 18.2 Å². The molecule has 94 valence electrons. The minimum absolute atomic E-state index is 0.447. The maximum absolute atomic E-state index is 11.0. The number of thiazole rings is 1. The molecule has 1 aromatic heterocycles. The zero-order valence-electron chi connectivity index (χ0n) is 9.24. The third-order valence-electron chi connectivity index (χ3n) is 2.11. The molecule has 0 aliphatic rings. The van der Waals surface area contributed by atoms with Crippen molar-refractivity contribution >= 4 is 45.8 Å². The second kappa shape index (κ2) is 5.56. The summed E-state index contributed by atoms with van der Waals surface area (Å²) in [5.74, 6) is 0. The number of hydrogen-bond acceptors (Lipinski definition) is 4.